The average molecular weight is 321 g/mol. The van der Waals surface area contributed by atoms with Crippen molar-refractivity contribution in [1.82, 2.24) is 8.61 Å². The van der Waals surface area contributed by atoms with Gasteiger partial charge in [0, 0.05) is 31.6 Å². The molecule has 0 spiro atoms. The molecule has 1 atom stereocenters. The van der Waals surface area contributed by atoms with Crippen LogP contribution in [-0.2, 0) is 10.2 Å². The predicted octanol–water partition coefficient (Wildman–Crippen LogP) is 2.45. The molecule has 0 aromatic carbocycles. The van der Waals surface area contributed by atoms with Gasteiger partial charge in [0.05, 0.1) is 0 Å². The molecule has 0 radical (unpaired) electrons. The molecule has 1 heterocycles. The maximum absolute atomic E-state index is 13.0. The van der Waals surface area contributed by atoms with E-state index >= 15 is 0 Å². The lowest BCUT2D eigenvalue weighted by molar-refractivity contribution is 0.242. The second-order valence-electron chi connectivity index (χ2n) is 6.63. The summed E-state index contributed by atoms with van der Waals surface area (Å²) in [7, 11) is -3.31. The Kier molecular flexibility index (Phi) is 4.60. The number of hydrogen-bond acceptors (Lipinski definition) is 2. The Balaban J connectivity index is 1.74. The molecular weight excluding hydrogens is 296 g/mol. The molecule has 0 aromatic rings. The lowest BCUT2D eigenvalue weighted by atomic mass is 10.1. The first kappa shape index (κ1) is 15.1. The Morgan fingerprint density at radius 2 is 1.60 bits per heavy atom. The molecule has 0 amide bonds. The van der Waals surface area contributed by atoms with Gasteiger partial charge in [-0.3, -0.25) is 0 Å². The van der Waals surface area contributed by atoms with Crippen molar-refractivity contribution in [3.63, 3.8) is 0 Å². The van der Waals surface area contributed by atoms with E-state index in [0.29, 0.717) is 24.3 Å². The molecule has 4 nitrogen and oxygen atoms in total. The fraction of sp³-hybridized carbons (Fsp3) is 1.00. The van der Waals surface area contributed by atoms with Crippen LogP contribution in [0, 0.1) is 11.8 Å². The van der Waals surface area contributed by atoms with Gasteiger partial charge in [-0.1, -0.05) is 6.42 Å². The molecule has 116 valence electrons. The van der Waals surface area contributed by atoms with E-state index in [-0.39, 0.29) is 6.04 Å². The van der Waals surface area contributed by atoms with Crippen molar-refractivity contribution in [2.45, 2.75) is 51.0 Å². The number of halogens is 1. The number of hydrogen-bond donors (Lipinski definition) is 0. The molecule has 20 heavy (non-hydrogen) atoms. The van der Waals surface area contributed by atoms with Crippen LogP contribution in [0.5, 0.6) is 0 Å². The Bertz CT molecular complexity index is 420. The summed E-state index contributed by atoms with van der Waals surface area (Å²) in [5, 5.41) is 0. The second kappa shape index (κ2) is 6.11. The summed E-state index contributed by atoms with van der Waals surface area (Å²) in [4.78, 5) is 0. The van der Waals surface area contributed by atoms with Gasteiger partial charge in [0.25, 0.3) is 10.2 Å². The van der Waals surface area contributed by atoms with Crippen molar-refractivity contribution in [2.75, 3.05) is 25.5 Å². The zero-order valence-electron chi connectivity index (χ0n) is 12.0. The van der Waals surface area contributed by atoms with Crippen molar-refractivity contribution in [3.05, 3.63) is 0 Å². The zero-order valence-corrected chi connectivity index (χ0v) is 13.6. The van der Waals surface area contributed by atoms with Crippen molar-refractivity contribution in [1.29, 1.82) is 0 Å². The molecule has 0 N–H and O–H groups in total. The van der Waals surface area contributed by atoms with Crippen molar-refractivity contribution in [3.8, 4) is 0 Å². The monoisotopic (exact) mass is 320 g/mol. The summed E-state index contributed by atoms with van der Waals surface area (Å²) >= 11 is 6.00. The minimum atomic E-state index is -3.31. The molecule has 3 rings (SSSR count). The summed E-state index contributed by atoms with van der Waals surface area (Å²) < 4.78 is 29.4. The molecule has 0 bridgehead atoms. The van der Waals surface area contributed by atoms with E-state index in [1.807, 2.05) is 0 Å². The van der Waals surface area contributed by atoms with Gasteiger partial charge in [0.15, 0.2) is 0 Å². The highest BCUT2D eigenvalue weighted by molar-refractivity contribution is 7.86. The molecule has 6 heteroatoms. The summed E-state index contributed by atoms with van der Waals surface area (Å²) in [5.41, 5.74) is 0. The minimum Gasteiger partial charge on any atom is -0.195 e. The van der Waals surface area contributed by atoms with Crippen LogP contribution in [0.2, 0.25) is 0 Å². The molecule has 3 fully saturated rings. The van der Waals surface area contributed by atoms with Crippen molar-refractivity contribution >= 4 is 21.8 Å². The van der Waals surface area contributed by atoms with Crippen LogP contribution < -0.4 is 0 Å². The van der Waals surface area contributed by atoms with Crippen LogP contribution in [0.4, 0.5) is 0 Å². The topological polar surface area (TPSA) is 40.6 Å². The van der Waals surface area contributed by atoms with E-state index in [2.05, 4.69) is 0 Å². The highest BCUT2D eigenvalue weighted by Crippen LogP contribution is 2.36. The van der Waals surface area contributed by atoms with E-state index in [9.17, 15) is 8.42 Å². The third-order valence-electron chi connectivity index (χ3n) is 4.69. The van der Waals surface area contributed by atoms with E-state index < -0.39 is 10.2 Å². The number of alkyl halides is 1. The normalized spacial score (nSPS) is 29.0. The van der Waals surface area contributed by atoms with E-state index in [4.69, 9.17) is 11.6 Å². The quantitative estimate of drug-likeness (QED) is 0.676. The maximum atomic E-state index is 13.0. The van der Waals surface area contributed by atoms with Crippen LogP contribution in [0.15, 0.2) is 0 Å². The molecule has 1 aliphatic heterocycles. The number of piperidine rings is 1. The lowest BCUT2D eigenvalue weighted by Gasteiger charge is -2.37. The number of rotatable bonds is 7. The summed E-state index contributed by atoms with van der Waals surface area (Å²) in [6.07, 6.45) is 7.72. The fourth-order valence-electron chi connectivity index (χ4n) is 3.02. The van der Waals surface area contributed by atoms with Gasteiger partial charge in [-0.25, -0.2) is 0 Å². The Morgan fingerprint density at radius 3 is 2.10 bits per heavy atom. The number of nitrogens with zero attached hydrogens (tertiary/aromatic N) is 2. The molecule has 0 aromatic heterocycles. The van der Waals surface area contributed by atoms with Crippen molar-refractivity contribution < 1.29 is 8.42 Å². The molecule has 1 unspecified atom stereocenters. The van der Waals surface area contributed by atoms with Crippen LogP contribution in [0.25, 0.3) is 0 Å². The van der Waals surface area contributed by atoms with Gasteiger partial charge < -0.3 is 0 Å². The van der Waals surface area contributed by atoms with Crippen LogP contribution in [-0.4, -0.2) is 48.6 Å². The summed E-state index contributed by atoms with van der Waals surface area (Å²) in [6, 6.07) is -0.00340. The van der Waals surface area contributed by atoms with Gasteiger partial charge in [0.1, 0.15) is 0 Å². The van der Waals surface area contributed by atoms with Crippen LogP contribution in [0.3, 0.4) is 0 Å². The molecule has 2 saturated carbocycles. The third-order valence-corrected chi connectivity index (χ3v) is 7.07. The van der Waals surface area contributed by atoms with Crippen LogP contribution in [0.1, 0.15) is 44.9 Å². The molecular formula is C14H25ClN2O2S. The minimum absolute atomic E-state index is 0.00340. The Hall–Kier alpha value is 0.160. The summed E-state index contributed by atoms with van der Waals surface area (Å²) in [5.74, 6) is 1.62. The fourth-order valence-corrected chi connectivity index (χ4v) is 5.43. The first-order chi connectivity index (χ1) is 9.61. The van der Waals surface area contributed by atoms with Gasteiger partial charge >= 0.3 is 0 Å². The molecule has 3 aliphatic rings. The molecule has 2 aliphatic carbocycles. The third kappa shape index (κ3) is 3.49. The van der Waals surface area contributed by atoms with Gasteiger partial charge in [-0.15, -0.1) is 11.6 Å². The second-order valence-corrected chi connectivity index (χ2v) is 8.82. The SMILES string of the molecule is O=S(=O)(N(CC1CC1)CC1CC1)N1CCCCC1CCl. The van der Waals surface area contributed by atoms with Gasteiger partial charge in [0.2, 0.25) is 0 Å². The summed E-state index contributed by atoms with van der Waals surface area (Å²) in [6.45, 7) is 2.10. The average Bonchev–Trinajstić information content (AvgIpc) is 3.33. The Labute approximate surface area is 127 Å². The smallest absolute Gasteiger partial charge is 0.195 e. The highest BCUT2D eigenvalue weighted by atomic mass is 35.5. The van der Waals surface area contributed by atoms with Gasteiger partial charge in [-0.05, 0) is 50.4 Å². The van der Waals surface area contributed by atoms with Crippen LogP contribution >= 0.6 is 11.6 Å². The van der Waals surface area contributed by atoms with E-state index in [1.54, 1.807) is 8.61 Å². The standard InChI is InChI=1S/C14H25ClN2O2S/c15-9-14-3-1-2-8-17(14)20(18,19)16(10-12-4-5-12)11-13-6-7-13/h12-14H,1-11H2. The Morgan fingerprint density at radius 1 is 1.00 bits per heavy atom. The lowest BCUT2D eigenvalue weighted by Crippen LogP contribution is -2.52. The first-order valence-corrected chi connectivity index (χ1v) is 9.87. The molecule has 1 saturated heterocycles. The van der Waals surface area contributed by atoms with E-state index in [1.165, 1.54) is 25.7 Å². The maximum Gasteiger partial charge on any atom is 0.282 e. The first-order valence-electron chi connectivity index (χ1n) is 7.94. The zero-order chi connectivity index (χ0) is 14.2. The van der Waals surface area contributed by atoms with Crippen molar-refractivity contribution in [2.24, 2.45) is 11.8 Å². The largest absolute Gasteiger partial charge is 0.282 e. The van der Waals surface area contributed by atoms with Gasteiger partial charge in [-0.2, -0.15) is 17.0 Å². The van der Waals surface area contributed by atoms with E-state index in [0.717, 1.165) is 32.4 Å². The highest BCUT2D eigenvalue weighted by Gasteiger charge is 2.40. The predicted molar refractivity (Wildman–Crippen MR) is 81.0 cm³/mol.